The van der Waals surface area contributed by atoms with Crippen LogP contribution in [-0.2, 0) is 0 Å². The fraction of sp³-hybridized carbons (Fsp3) is 0.125. The summed E-state index contributed by atoms with van der Waals surface area (Å²) >= 11 is 11.7. The largest absolute Gasteiger partial charge is 0.382 e. The summed E-state index contributed by atoms with van der Waals surface area (Å²) in [6, 6.07) is 5.11. The van der Waals surface area contributed by atoms with E-state index in [0.29, 0.717) is 15.6 Å². The lowest BCUT2D eigenvalue weighted by Crippen LogP contribution is -2.13. The van der Waals surface area contributed by atoms with Gasteiger partial charge in [0, 0.05) is 5.56 Å². The maximum absolute atomic E-state index is 5.90. The fourth-order valence-electron chi connectivity index (χ4n) is 0.848. The molecule has 0 amide bonds. The minimum atomic E-state index is 0.183. The van der Waals surface area contributed by atoms with Crippen LogP contribution in [0.4, 0.5) is 0 Å². The maximum atomic E-state index is 5.90. The molecule has 0 saturated heterocycles. The Morgan fingerprint density at radius 2 is 2.07 bits per heavy atom. The summed E-state index contributed by atoms with van der Waals surface area (Å²) in [7, 11) is 1.50. The molecule has 74 valence electrons. The second-order valence-corrected chi connectivity index (χ2v) is 3.16. The summed E-state index contributed by atoms with van der Waals surface area (Å²) in [5.74, 6) is 0.183. The van der Waals surface area contributed by atoms with Crippen molar-refractivity contribution < 1.29 is 0 Å². The van der Waals surface area contributed by atoms with Crippen molar-refractivity contribution in [2.45, 2.75) is 0 Å². The van der Waals surface area contributed by atoms with Gasteiger partial charge in [-0.1, -0.05) is 29.3 Å². The van der Waals surface area contributed by atoms with Crippen LogP contribution < -0.4 is 5.73 Å². The number of nitrogens with two attached hydrogens (primary N) is 1. The second kappa shape index (κ2) is 4.93. The van der Waals surface area contributed by atoms with Gasteiger partial charge in [-0.15, -0.1) is 5.10 Å². The highest BCUT2D eigenvalue weighted by atomic mass is 35.5. The highest BCUT2D eigenvalue weighted by molar-refractivity contribution is 6.43. The van der Waals surface area contributed by atoms with Gasteiger partial charge in [-0.3, -0.25) is 0 Å². The van der Waals surface area contributed by atoms with E-state index in [-0.39, 0.29) is 5.84 Å². The molecule has 0 fully saturated rings. The third-order valence-corrected chi connectivity index (χ3v) is 2.29. The lowest BCUT2D eigenvalue weighted by molar-refractivity contribution is 1.02. The Hall–Kier alpha value is -1.13. The van der Waals surface area contributed by atoms with Gasteiger partial charge in [-0.05, 0) is 17.4 Å². The molecule has 0 saturated carbocycles. The first-order valence-corrected chi connectivity index (χ1v) is 4.49. The van der Waals surface area contributed by atoms with E-state index >= 15 is 0 Å². The summed E-state index contributed by atoms with van der Waals surface area (Å²) in [5.41, 5.74) is 6.15. The zero-order chi connectivity index (χ0) is 10.6. The van der Waals surface area contributed by atoms with Gasteiger partial charge in [0.1, 0.15) is 0 Å². The number of hydrogen-bond acceptors (Lipinski definition) is 2. The Morgan fingerprint density at radius 1 is 1.36 bits per heavy atom. The minimum Gasteiger partial charge on any atom is -0.382 e. The van der Waals surface area contributed by atoms with Crippen molar-refractivity contribution in [3.05, 3.63) is 33.8 Å². The zero-order valence-electron chi connectivity index (χ0n) is 7.41. The van der Waals surface area contributed by atoms with Crippen molar-refractivity contribution in [2.75, 3.05) is 7.05 Å². The summed E-state index contributed by atoms with van der Waals surface area (Å²) in [5, 5.41) is 11.3. The molecule has 6 heteroatoms. The van der Waals surface area contributed by atoms with Crippen molar-refractivity contribution >= 4 is 29.0 Å². The molecule has 0 atom stereocenters. The molecule has 0 aliphatic heterocycles. The molecule has 1 aromatic carbocycles. The van der Waals surface area contributed by atoms with E-state index in [1.54, 1.807) is 18.2 Å². The Bertz CT molecular complexity index is 387. The van der Waals surface area contributed by atoms with Gasteiger partial charge in [-0.2, -0.15) is 5.11 Å². The minimum absolute atomic E-state index is 0.183. The molecule has 0 aromatic heterocycles. The fourth-order valence-corrected chi connectivity index (χ4v) is 1.25. The Labute approximate surface area is 91.4 Å². The zero-order valence-corrected chi connectivity index (χ0v) is 8.92. The first-order valence-electron chi connectivity index (χ1n) is 3.73. The van der Waals surface area contributed by atoms with Crippen molar-refractivity contribution in [2.24, 2.45) is 21.2 Å². The van der Waals surface area contributed by atoms with Crippen LogP contribution in [0, 0.1) is 0 Å². The standard InChI is InChI=1S/C8H8Cl2N4/c1-12-14-13-8(11)5-3-2-4-6(9)7(5)10/h2-4H,1H3,(H2,11,12,13). The third-order valence-electron chi connectivity index (χ3n) is 1.47. The number of benzene rings is 1. The van der Waals surface area contributed by atoms with E-state index < -0.39 is 0 Å². The normalized spacial score (nSPS) is 12.4. The van der Waals surface area contributed by atoms with Gasteiger partial charge >= 0.3 is 0 Å². The van der Waals surface area contributed by atoms with E-state index in [2.05, 4.69) is 15.4 Å². The van der Waals surface area contributed by atoms with Crippen LogP contribution in [0.1, 0.15) is 5.56 Å². The van der Waals surface area contributed by atoms with Crippen LogP contribution in [0.5, 0.6) is 0 Å². The van der Waals surface area contributed by atoms with Gasteiger partial charge in [0.25, 0.3) is 0 Å². The third kappa shape index (κ3) is 2.43. The van der Waals surface area contributed by atoms with Crippen molar-refractivity contribution in [1.29, 1.82) is 0 Å². The molecular weight excluding hydrogens is 223 g/mol. The van der Waals surface area contributed by atoms with Gasteiger partial charge < -0.3 is 5.73 Å². The molecule has 2 N–H and O–H groups in total. The molecule has 0 spiro atoms. The molecule has 1 aromatic rings. The van der Waals surface area contributed by atoms with Crippen LogP contribution in [0.25, 0.3) is 0 Å². The first-order chi connectivity index (χ1) is 6.66. The van der Waals surface area contributed by atoms with Gasteiger partial charge in [0.2, 0.25) is 0 Å². The van der Waals surface area contributed by atoms with E-state index in [9.17, 15) is 0 Å². The first kappa shape index (κ1) is 10.9. The smallest absolute Gasteiger partial charge is 0.156 e. The molecule has 0 bridgehead atoms. The Balaban J connectivity index is 3.13. The number of hydrogen-bond donors (Lipinski definition) is 1. The van der Waals surface area contributed by atoms with Crippen LogP contribution in [-0.4, -0.2) is 12.9 Å². The summed E-state index contributed by atoms with van der Waals surface area (Å²) < 4.78 is 0. The monoisotopic (exact) mass is 230 g/mol. The Kier molecular flexibility index (Phi) is 3.85. The molecule has 0 aliphatic rings. The molecule has 0 aliphatic carbocycles. The quantitative estimate of drug-likeness (QED) is 0.361. The molecule has 0 radical (unpaired) electrons. The van der Waals surface area contributed by atoms with E-state index in [1.807, 2.05) is 0 Å². The van der Waals surface area contributed by atoms with E-state index in [1.165, 1.54) is 7.05 Å². The predicted molar refractivity (Wildman–Crippen MR) is 58.0 cm³/mol. The molecule has 0 unspecified atom stereocenters. The second-order valence-electron chi connectivity index (χ2n) is 2.38. The van der Waals surface area contributed by atoms with E-state index in [0.717, 1.165) is 0 Å². The molecule has 14 heavy (non-hydrogen) atoms. The number of halogens is 2. The van der Waals surface area contributed by atoms with Crippen LogP contribution in [0.3, 0.4) is 0 Å². The molecule has 1 rings (SSSR count). The molecule has 0 heterocycles. The van der Waals surface area contributed by atoms with Crippen LogP contribution in [0.2, 0.25) is 10.0 Å². The van der Waals surface area contributed by atoms with Crippen molar-refractivity contribution in [3.63, 3.8) is 0 Å². The lowest BCUT2D eigenvalue weighted by atomic mass is 10.2. The van der Waals surface area contributed by atoms with Crippen molar-refractivity contribution in [3.8, 4) is 0 Å². The Morgan fingerprint density at radius 3 is 2.71 bits per heavy atom. The number of amidine groups is 1. The van der Waals surface area contributed by atoms with Crippen LogP contribution in [0.15, 0.2) is 33.6 Å². The van der Waals surface area contributed by atoms with Crippen LogP contribution >= 0.6 is 23.2 Å². The average Bonchev–Trinajstić information content (AvgIpc) is 2.18. The molecule has 4 nitrogen and oxygen atoms in total. The average molecular weight is 231 g/mol. The summed E-state index contributed by atoms with van der Waals surface area (Å²) in [4.78, 5) is 0. The van der Waals surface area contributed by atoms with Gasteiger partial charge in [0.05, 0.1) is 17.1 Å². The van der Waals surface area contributed by atoms with Gasteiger partial charge in [0.15, 0.2) is 5.84 Å². The van der Waals surface area contributed by atoms with Crippen molar-refractivity contribution in [1.82, 2.24) is 0 Å². The predicted octanol–water partition coefficient (Wildman–Crippen LogP) is 2.70. The lowest BCUT2D eigenvalue weighted by Gasteiger charge is -2.02. The summed E-state index contributed by atoms with van der Waals surface area (Å²) in [6.07, 6.45) is 0. The number of nitrogens with zero attached hydrogens (tertiary/aromatic N) is 3. The van der Waals surface area contributed by atoms with E-state index in [4.69, 9.17) is 28.9 Å². The highest BCUT2D eigenvalue weighted by Gasteiger charge is 2.07. The topological polar surface area (TPSA) is 63.1 Å². The maximum Gasteiger partial charge on any atom is 0.156 e. The van der Waals surface area contributed by atoms with Gasteiger partial charge in [-0.25, -0.2) is 0 Å². The summed E-state index contributed by atoms with van der Waals surface area (Å²) in [6.45, 7) is 0. The SMILES string of the molecule is C/N=N\N=C(/N)c1cccc(Cl)c1Cl. The highest BCUT2D eigenvalue weighted by Crippen LogP contribution is 2.25. The number of rotatable bonds is 2. The molecular formula is C8H8Cl2N4.